The maximum Gasteiger partial charge on any atom is 0.251 e. The molecule has 0 saturated carbocycles. The number of hydrogen-bond donors (Lipinski definition) is 2. The molecule has 3 N–H and O–H groups in total. The molecule has 0 aliphatic heterocycles. The van der Waals surface area contributed by atoms with E-state index in [1.807, 2.05) is 44.3 Å². The Balaban J connectivity index is 1.85. The molecule has 0 unspecified atom stereocenters. The summed E-state index contributed by atoms with van der Waals surface area (Å²) in [6.07, 6.45) is 3.42. The van der Waals surface area contributed by atoms with Gasteiger partial charge in [-0.15, -0.1) is 0 Å². The van der Waals surface area contributed by atoms with Crippen molar-refractivity contribution in [2.45, 2.75) is 13.0 Å². The first-order chi connectivity index (χ1) is 13.0. The highest BCUT2D eigenvalue weighted by molar-refractivity contribution is 5.95. The zero-order valence-electron chi connectivity index (χ0n) is 15.6. The second-order valence-electron chi connectivity index (χ2n) is 6.37. The van der Waals surface area contributed by atoms with Gasteiger partial charge in [-0.25, -0.2) is 4.98 Å². The number of hydrogen-bond acceptors (Lipinski definition) is 5. The number of nitrogens with two attached hydrogens (primary N) is 1. The maximum atomic E-state index is 12.8. The van der Waals surface area contributed by atoms with E-state index in [0.29, 0.717) is 18.0 Å². The van der Waals surface area contributed by atoms with E-state index in [4.69, 9.17) is 10.5 Å². The van der Waals surface area contributed by atoms with E-state index in [2.05, 4.69) is 15.4 Å². The van der Waals surface area contributed by atoms with Crippen molar-refractivity contribution in [3.8, 4) is 11.1 Å². The number of nitrogen functional groups attached to an aromatic ring is 1. The fraction of sp³-hybridized carbons (Fsp3) is 0.250. The maximum absolute atomic E-state index is 12.8. The summed E-state index contributed by atoms with van der Waals surface area (Å²) in [5.74, 6) is 0.296. The van der Waals surface area contributed by atoms with E-state index < -0.39 is 0 Å². The number of carbonyl (C=O) groups is 1. The van der Waals surface area contributed by atoms with Gasteiger partial charge >= 0.3 is 0 Å². The van der Waals surface area contributed by atoms with E-state index in [1.165, 1.54) is 0 Å². The molecule has 3 rings (SSSR count). The van der Waals surface area contributed by atoms with Crippen LogP contribution in [0.1, 0.15) is 27.7 Å². The molecule has 2 heterocycles. The van der Waals surface area contributed by atoms with Crippen molar-refractivity contribution in [3.05, 3.63) is 65.6 Å². The monoisotopic (exact) mass is 365 g/mol. The number of aryl methyl sites for hydroxylation is 2. The van der Waals surface area contributed by atoms with Crippen LogP contribution in [0, 0.1) is 6.92 Å². The Morgan fingerprint density at radius 2 is 2.15 bits per heavy atom. The Bertz CT molecular complexity index is 951. The summed E-state index contributed by atoms with van der Waals surface area (Å²) in [6, 6.07) is 10.8. The van der Waals surface area contributed by atoms with Crippen molar-refractivity contribution in [1.29, 1.82) is 0 Å². The molecule has 0 aliphatic rings. The van der Waals surface area contributed by atoms with Crippen molar-refractivity contribution >= 4 is 11.7 Å². The van der Waals surface area contributed by atoms with Crippen LogP contribution >= 0.6 is 0 Å². The predicted octanol–water partition coefficient (Wildman–Crippen LogP) is 2.49. The molecule has 2 aromatic heterocycles. The highest BCUT2D eigenvalue weighted by Gasteiger charge is 2.19. The van der Waals surface area contributed by atoms with Gasteiger partial charge in [0.05, 0.1) is 18.3 Å². The van der Waals surface area contributed by atoms with Crippen LogP contribution in [0.3, 0.4) is 0 Å². The first kappa shape index (κ1) is 18.6. The van der Waals surface area contributed by atoms with Crippen molar-refractivity contribution in [2.75, 3.05) is 19.5 Å². The van der Waals surface area contributed by atoms with Gasteiger partial charge in [0.15, 0.2) is 0 Å². The number of benzene rings is 1. The molecular formula is C20H23N5O2. The molecule has 7 heteroatoms. The van der Waals surface area contributed by atoms with Crippen LogP contribution in [-0.4, -0.2) is 34.4 Å². The second kappa shape index (κ2) is 8.01. The van der Waals surface area contributed by atoms with Gasteiger partial charge in [0.25, 0.3) is 5.91 Å². The fourth-order valence-electron chi connectivity index (χ4n) is 3.04. The van der Waals surface area contributed by atoms with Gasteiger partial charge in [-0.05, 0) is 42.3 Å². The smallest absolute Gasteiger partial charge is 0.251 e. The lowest BCUT2D eigenvalue weighted by atomic mass is 10.0. The SMILES string of the molecule is COC[C@@H](NC(=O)c1cccc(-c2cnc(N)cc2C)c1)c1ccnn1C. The molecule has 0 saturated heterocycles. The number of rotatable bonds is 6. The normalized spacial score (nSPS) is 12.0. The summed E-state index contributed by atoms with van der Waals surface area (Å²) in [5, 5.41) is 7.18. The highest BCUT2D eigenvalue weighted by atomic mass is 16.5. The number of amides is 1. The largest absolute Gasteiger partial charge is 0.384 e. The van der Waals surface area contributed by atoms with Gasteiger partial charge < -0.3 is 15.8 Å². The molecule has 0 spiro atoms. The van der Waals surface area contributed by atoms with Gasteiger partial charge in [0.1, 0.15) is 5.82 Å². The Kier molecular flexibility index (Phi) is 5.52. The standard InChI is InChI=1S/C20H23N5O2/c1-13-9-19(21)22-11-16(13)14-5-4-6-15(10-14)20(26)24-17(12-27-3)18-7-8-23-25(18)2/h4-11,17H,12H2,1-3H3,(H2,21,22)(H,24,26)/t17-/m1/s1. The molecule has 27 heavy (non-hydrogen) atoms. The number of anilines is 1. The minimum atomic E-state index is -0.293. The van der Waals surface area contributed by atoms with Crippen molar-refractivity contribution in [3.63, 3.8) is 0 Å². The number of aromatic nitrogens is 3. The third kappa shape index (κ3) is 4.15. The van der Waals surface area contributed by atoms with Crippen molar-refractivity contribution in [1.82, 2.24) is 20.1 Å². The summed E-state index contributed by atoms with van der Waals surface area (Å²) >= 11 is 0. The molecule has 0 fully saturated rings. The third-order valence-electron chi connectivity index (χ3n) is 4.42. The topological polar surface area (TPSA) is 95.1 Å². The molecule has 0 bridgehead atoms. The lowest BCUT2D eigenvalue weighted by Gasteiger charge is -2.18. The Morgan fingerprint density at radius 3 is 2.81 bits per heavy atom. The van der Waals surface area contributed by atoms with Gasteiger partial charge in [-0.2, -0.15) is 5.10 Å². The quantitative estimate of drug-likeness (QED) is 0.700. The number of carbonyl (C=O) groups excluding carboxylic acids is 1. The van der Waals surface area contributed by atoms with Gasteiger partial charge in [0, 0.05) is 37.7 Å². The van der Waals surface area contributed by atoms with Crippen LogP contribution in [0.2, 0.25) is 0 Å². The summed E-state index contributed by atoms with van der Waals surface area (Å²) in [5.41, 5.74) is 10.0. The van der Waals surface area contributed by atoms with Crippen LogP contribution in [-0.2, 0) is 11.8 Å². The molecule has 0 radical (unpaired) electrons. The molecule has 1 atom stereocenters. The predicted molar refractivity (Wildman–Crippen MR) is 104 cm³/mol. The molecule has 7 nitrogen and oxygen atoms in total. The summed E-state index contributed by atoms with van der Waals surface area (Å²) < 4.78 is 6.99. The van der Waals surface area contributed by atoms with E-state index in [1.54, 1.807) is 30.3 Å². The lowest BCUT2D eigenvalue weighted by molar-refractivity contribution is 0.0892. The molecular weight excluding hydrogens is 342 g/mol. The van der Waals surface area contributed by atoms with Gasteiger partial charge in [-0.1, -0.05) is 12.1 Å². The molecule has 0 aliphatic carbocycles. The first-order valence-electron chi connectivity index (χ1n) is 8.60. The van der Waals surface area contributed by atoms with Crippen molar-refractivity contribution in [2.24, 2.45) is 7.05 Å². The molecule has 1 aromatic carbocycles. The fourth-order valence-corrected chi connectivity index (χ4v) is 3.04. The van der Waals surface area contributed by atoms with Gasteiger partial charge in [-0.3, -0.25) is 9.48 Å². The first-order valence-corrected chi connectivity index (χ1v) is 8.60. The average Bonchev–Trinajstić information content (AvgIpc) is 3.07. The Labute approximate surface area is 158 Å². The highest BCUT2D eigenvalue weighted by Crippen LogP contribution is 2.25. The number of methoxy groups -OCH3 is 1. The van der Waals surface area contributed by atoms with Crippen LogP contribution in [0.15, 0.2) is 48.8 Å². The summed E-state index contributed by atoms with van der Waals surface area (Å²) in [4.78, 5) is 17.0. The second-order valence-corrected chi connectivity index (χ2v) is 6.37. The molecule has 140 valence electrons. The third-order valence-corrected chi connectivity index (χ3v) is 4.42. The van der Waals surface area contributed by atoms with Crippen molar-refractivity contribution < 1.29 is 9.53 Å². The number of nitrogens with zero attached hydrogens (tertiary/aromatic N) is 3. The number of ether oxygens (including phenoxy) is 1. The average molecular weight is 365 g/mol. The van der Waals surface area contributed by atoms with Crippen LogP contribution in [0.4, 0.5) is 5.82 Å². The van der Waals surface area contributed by atoms with E-state index >= 15 is 0 Å². The zero-order valence-corrected chi connectivity index (χ0v) is 15.6. The Morgan fingerprint density at radius 1 is 1.33 bits per heavy atom. The minimum absolute atomic E-state index is 0.179. The number of nitrogens with one attached hydrogen (secondary N) is 1. The van der Waals surface area contributed by atoms with Gasteiger partial charge in [0.2, 0.25) is 0 Å². The van der Waals surface area contributed by atoms with E-state index in [0.717, 1.165) is 22.4 Å². The lowest BCUT2D eigenvalue weighted by Crippen LogP contribution is -2.32. The zero-order chi connectivity index (χ0) is 19.4. The van der Waals surface area contributed by atoms with E-state index in [-0.39, 0.29) is 11.9 Å². The molecule has 1 amide bonds. The van der Waals surface area contributed by atoms with Crippen LogP contribution in [0.5, 0.6) is 0 Å². The minimum Gasteiger partial charge on any atom is -0.384 e. The van der Waals surface area contributed by atoms with Crippen LogP contribution < -0.4 is 11.1 Å². The molecule has 3 aromatic rings. The summed E-state index contributed by atoms with van der Waals surface area (Å²) in [6.45, 7) is 2.32. The summed E-state index contributed by atoms with van der Waals surface area (Å²) in [7, 11) is 3.44. The number of pyridine rings is 1. The Hall–Kier alpha value is -3.19. The van der Waals surface area contributed by atoms with Crippen LogP contribution in [0.25, 0.3) is 11.1 Å². The van der Waals surface area contributed by atoms with E-state index in [9.17, 15) is 4.79 Å².